The van der Waals surface area contributed by atoms with Crippen molar-refractivity contribution >= 4 is 11.5 Å². The maximum Gasteiger partial charge on any atom is 0.269 e. The standard InChI is InChI=1S/C22H23NO4/c1-21(2)18-12-14(20(24)22(25)10-4-3-5-11-22)6-8-16(18)17-9-7-15(23(26)27)13-19(17)21/h6-9,12-13,25H,3-5,10-11H2,1-2H3. The first-order valence-electron chi connectivity index (χ1n) is 9.45. The van der Waals surface area contributed by atoms with Crippen molar-refractivity contribution in [2.45, 2.75) is 57.0 Å². The summed E-state index contributed by atoms with van der Waals surface area (Å²) in [4.78, 5) is 23.8. The predicted molar refractivity (Wildman–Crippen MR) is 103 cm³/mol. The van der Waals surface area contributed by atoms with Gasteiger partial charge in [-0.3, -0.25) is 14.9 Å². The number of hydrogen-bond donors (Lipinski definition) is 1. The van der Waals surface area contributed by atoms with Crippen LogP contribution in [0.3, 0.4) is 0 Å². The van der Waals surface area contributed by atoms with Gasteiger partial charge in [-0.2, -0.15) is 0 Å². The van der Waals surface area contributed by atoms with Gasteiger partial charge >= 0.3 is 0 Å². The molecular formula is C22H23NO4. The van der Waals surface area contributed by atoms with Crippen molar-refractivity contribution in [1.82, 2.24) is 0 Å². The van der Waals surface area contributed by atoms with E-state index in [1.807, 2.05) is 26.0 Å². The van der Waals surface area contributed by atoms with Crippen LogP contribution in [-0.4, -0.2) is 21.4 Å². The van der Waals surface area contributed by atoms with Crippen LogP contribution < -0.4 is 0 Å². The molecule has 2 aromatic rings. The molecule has 0 heterocycles. The molecule has 0 aromatic heterocycles. The first-order chi connectivity index (χ1) is 12.7. The van der Waals surface area contributed by atoms with Crippen LogP contribution >= 0.6 is 0 Å². The smallest absolute Gasteiger partial charge is 0.269 e. The lowest BCUT2D eigenvalue weighted by Crippen LogP contribution is -2.40. The van der Waals surface area contributed by atoms with E-state index >= 15 is 0 Å². The molecule has 5 heteroatoms. The number of ketones is 1. The van der Waals surface area contributed by atoms with Crippen LogP contribution in [0.25, 0.3) is 11.1 Å². The fourth-order valence-corrected chi connectivity index (χ4v) is 4.61. The summed E-state index contributed by atoms with van der Waals surface area (Å²) < 4.78 is 0. The van der Waals surface area contributed by atoms with Gasteiger partial charge in [0.05, 0.1) is 4.92 Å². The summed E-state index contributed by atoms with van der Waals surface area (Å²) in [5.41, 5.74) is 2.73. The van der Waals surface area contributed by atoms with Gasteiger partial charge in [0.1, 0.15) is 5.60 Å². The first kappa shape index (κ1) is 17.9. The minimum atomic E-state index is -1.26. The second kappa shape index (κ2) is 5.99. The lowest BCUT2D eigenvalue weighted by Gasteiger charge is -2.31. The van der Waals surface area contributed by atoms with Gasteiger partial charge < -0.3 is 5.11 Å². The maximum atomic E-state index is 13.0. The minimum absolute atomic E-state index is 0.0717. The van der Waals surface area contributed by atoms with Crippen LogP contribution in [0.4, 0.5) is 5.69 Å². The first-order valence-corrected chi connectivity index (χ1v) is 9.45. The Morgan fingerprint density at radius 1 is 1.00 bits per heavy atom. The van der Waals surface area contributed by atoms with Gasteiger partial charge in [-0.1, -0.05) is 45.2 Å². The van der Waals surface area contributed by atoms with Crippen molar-refractivity contribution in [3.05, 3.63) is 63.2 Å². The van der Waals surface area contributed by atoms with E-state index in [4.69, 9.17) is 0 Å². The van der Waals surface area contributed by atoms with E-state index in [0.29, 0.717) is 18.4 Å². The van der Waals surface area contributed by atoms with Crippen LogP contribution in [0.15, 0.2) is 36.4 Å². The van der Waals surface area contributed by atoms with Gasteiger partial charge in [0.25, 0.3) is 5.69 Å². The number of nitro groups is 1. The number of nitrogens with zero attached hydrogens (tertiary/aromatic N) is 1. The quantitative estimate of drug-likeness (QED) is 0.482. The summed E-state index contributed by atoms with van der Waals surface area (Å²) in [5, 5.41) is 22.0. The number of carbonyl (C=O) groups is 1. The summed E-state index contributed by atoms with van der Waals surface area (Å²) in [5.74, 6) is -0.206. The molecular weight excluding hydrogens is 342 g/mol. The maximum absolute atomic E-state index is 13.0. The van der Waals surface area contributed by atoms with E-state index in [0.717, 1.165) is 41.5 Å². The van der Waals surface area contributed by atoms with E-state index < -0.39 is 11.0 Å². The summed E-state index contributed by atoms with van der Waals surface area (Å²) in [7, 11) is 0. The van der Waals surface area contributed by atoms with Gasteiger partial charge in [-0.25, -0.2) is 0 Å². The van der Waals surface area contributed by atoms with Crippen LogP contribution in [0.2, 0.25) is 0 Å². The third-order valence-electron chi connectivity index (χ3n) is 6.24. The van der Waals surface area contributed by atoms with Crippen molar-refractivity contribution in [2.75, 3.05) is 0 Å². The highest BCUT2D eigenvalue weighted by atomic mass is 16.6. The zero-order valence-corrected chi connectivity index (χ0v) is 15.6. The predicted octanol–water partition coefficient (Wildman–Crippen LogP) is 4.78. The van der Waals surface area contributed by atoms with Crippen molar-refractivity contribution in [2.24, 2.45) is 0 Å². The summed E-state index contributed by atoms with van der Waals surface area (Å²) in [6.07, 6.45) is 3.82. The lowest BCUT2D eigenvalue weighted by atomic mass is 9.77. The Bertz CT molecular complexity index is 955. The Balaban J connectivity index is 1.78. The summed E-state index contributed by atoms with van der Waals surface area (Å²) >= 11 is 0. The molecule has 1 N–H and O–H groups in total. The number of aliphatic hydroxyl groups is 1. The Labute approximate surface area is 158 Å². The largest absolute Gasteiger partial charge is 0.382 e. The van der Waals surface area contributed by atoms with Crippen LogP contribution in [0.5, 0.6) is 0 Å². The van der Waals surface area contributed by atoms with Gasteiger partial charge in [0, 0.05) is 23.1 Å². The fraction of sp³-hybridized carbons (Fsp3) is 0.409. The fourth-order valence-electron chi connectivity index (χ4n) is 4.61. The highest BCUT2D eigenvalue weighted by Gasteiger charge is 2.40. The van der Waals surface area contributed by atoms with Crippen molar-refractivity contribution in [3.8, 4) is 11.1 Å². The molecule has 0 saturated heterocycles. The molecule has 2 aliphatic carbocycles. The number of carbonyl (C=O) groups excluding carboxylic acids is 1. The third kappa shape index (κ3) is 2.69. The van der Waals surface area contributed by atoms with E-state index in [-0.39, 0.29) is 16.4 Å². The number of benzene rings is 2. The summed E-state index contributed by atoms with van der Waals surface area (Å²) in [6.45, 7) is 4.04. The van der Waals surface area contributed by atoms with E-state index in [1.165, 1.54) is 6.07 Å². The molecule has 1 fully saturated rings. The molecule has 0 unspecified atom stereocenters. The Morgan fingerprint density at radius 3 is 2.22 bits per heavy atom. The highest BCUT2D eigenvalue weighted by molar-refractivity contribution is 6.03. The van der Waals surface area contributed by atoms with Crippen LogP contribution in [0, 0.1) is 10.1 Å². The normalized spacial score (nSPS) is 19.2. The number of hydrogen-bond acceptors (Lipinski definition) is 4. The minimum Gasteiger partial charge on any atom is -0.382 e. The van der Waals surface area contributed by atoms with Crippen molar-refractivity contribution in [1.29, 1.82) is 0 Å². The molecule has 0 bridgehead atoms. The van der Waals surface area contributed by atoms with Crippen molar-refractivity contribution < 1.29 is 14.8 Å². The van der Waals surface area contributed by atoms with Crippen LogP contribution in [-0.2, 0) is 5.41 Å². The number of Topliss-reactive ketones (excluding diaryl/α,β-unsaturated/α-hetero) is 1. The molecule has 1 saturated carbocycles. The molecule has 0 spiro atoms. The molecule has 0 atom stereocenters. The zero-order valence-electron chi connectivity index (χ0n) is 15.6. The molecule has 2 aromatic carbocycles. The summed E-state index contributed by atoms with van der Waals surface area (Å²) in [6, 6.07) is 10.5. The van der Waals surface area contributed by atoms with Crippen molar-refractivity contribution in [3.63, 3.8) is 0 Å². The second-order valence-corrected chi connectivity index (χ2v) is 8.29. The average Bonchev–Trinajstić information content (AvgIpc) is 2.88. The zero-order chi connectivity index (χ0) is 19.4. The van der Waals surface area contributed by atoms with E-state index in [2.05, 4.69) is 0 Å². The van der Waals surface area contributed by atoms with Gasteiger partial charge in [-0.05, 0) is 47.2 Å². The van der Waals surface area contributed by atoms with E-state index in [9.17, 15) is 20.0 Å². The SMILES string of the molecule is CC1(C)c2cc(C(=O)C3(O)CCCCC3)ccc2-c2ccc([N+](=O)[O-])cc21. The Hall–Kier alpha value is -2.53. The molecule has 0 aliphatic heterocycles. The number of fused-ring (bicyclic) bond motifs is 3. The third-order valence-corrected chi connectivity index (χ3v) is 6.24. The number of rotatable bonds is 3. The van der Waals surface area contributed by atoms with Gasteiger partial charge in [0.2, 0.25) is 0 Å². The lowest BCUT2D eigenvalue weighted by molar-refractivity contribution is -0.384. The molecule has 140 valence electrons. The van der Waals surface area contributed by atoms with Crippen LogP contribution in [0.1, 0.15) is 67.4 Å². The Morgan fingerprint density at radius 2 is 1.59 bits per heavy atom. The molecule has 27 heavy (non-hydrogen) atoms. The molecule has 5 nitrogen and oxygen atoms in total. The van der Waals surface area contributed by atoms with E-state index in [1.54, 1.807) is 18.2 Å². The molecule has 4 rings (SSSR count). The average molecular weight is 365 g/mol. The molecule has 0 radical (unpaired) electrons. The topological polar surface area (TPSA) is 80.4 Å². The number of non-ortho nitro benzene ring substituents is 1. The Kier molecular flexibility index (Phi) is 3.96. The monoisotopic (exact) mass is 365 g/mol. The van der Waals surface area contributed by atoms with Gasteiger partial charge in [0.15, 0.2) is 5.78 Å². The molecule has 0 amide bonds. The second-order valence-electron chi connectivity index (χ2n) is 8.29. The number of nitro benzene ring substituents is 1. The highest BCUT2D eigenvalue weighted by Crippen LogP contribution is 2.50. The van der Waals surface area contributed by atoms with Gasteiger partial charge in [-0.15, -0.1) is 0 Å². The molecule has 2 aliphatic rings.